The van der Waals surface area contributed by atoms with Crippen molar-refractivity contribution in [2.75, 3.05) is 0 Å². The highest BCUT2D eigenvalue weighted by Gasteiger charge is 2.18. The number of aromatic carboxylic acids is 1. The average Bonchev–Trinajstić information content (AvgIpc) is 2.62. The van der Waals surface area contributed by atoms with Crippen LogP contribution in [0.1, 0.15) is 42.1 Å². The average molecular weight is 363 g/mol. The van der Waals surface area contributed by atoms with Crippen LogP contribution in [0, 0.1) is 0 Å². The van der Waals surface area contributed by atoms with E-state index in [1.54, 1.807) is 6.07 Å². The summed E-state index contributed by atoms with van der Waals surface area (Å²) in [5.41, 5.74) is 0.968. The van der Waals surface area contributed by atoms with E-state index in [0.29, 0.717) is 22.8 Å². The molecular weight excluding hydrogens is 342 g/mol. The second-order valence-electron chi connectivity index (χ2n) is 5.39. The first-order valence-corrected chi connectivity index (χ1v) is 8.73. The zero-order valence-electron chi connectivity index (χ0n) is 13.9. The largest absolute Gasteiger partial charge is 0.478 e. The van der Waals surface area contributed by atoms with Crippen LogP contribution in [-0.2, 0) is 15.7 Å². The van der Waals surface area contributed by atoms with Crippen molar-refractivity contribution in [2.45, 2.75) is 37.5 Å². The van der Waals surface area contributed by atoms with Crippen LogP contribution in [0.2, 0.25) is 0 Å². The summed E-state index contributed by atoms with van der Waals surface area (Å²) in [6.07, 6.45) is 3.75. The Bertz CT molecular complexity index is 693. The molecule has 25 heavy (non-hydrogen) atoms. The first-order valence-electron chi connectivity index (χ1n) is 7.99. The van der Waals surface area contributed by atoms with Crippen molar-refractivity contribution in [1.29, 1.82) is 0 Å². The summed E-state index contributed by atoms with van der Waals surface area (Å²) in [4.78, 5) is 16.1. The second kappa shape index (κ2) is 10.0. The van der Waals surface area contributed by atoms with Gasteiger partial charge in [0.05, 0.1) is 22.5 Å². The zero-order chi connectivity index (χ0) is 18.1. The molecule has 0 saturated carbocycles. The van der Waals surface area contributed by atoms with Crippen molar-refractivity contribution in [3.05, 3.63) is 53.6 Å². The fraction of sp³-hybridized carbons (Fsp3) is 0.278. The van der Waals surface area contributed by atoms with E-state index in [0.717, 1.165) is 36.9 Å². The highest BCUT2D eigenvalue weighted by molar-refractivity contribution is 7.94. The predicted molar refractivity (Wildman–Crippen MR) is 95.4 cm³/mol. The van der Waals surface area contributed by atoms with E-state index < -0.39 is 5.97 Å². The number of hydrogen-bond acceptors (Lipinski definition) is 6. The predicted octanol–water partition coefficient (Wildman–Crippen LogP) is 4.74. The number of nitrogens with two attached hydrogens (primary N) is 1. The molecule has 2 aromatic carbocycles. The topological polar surface area (TPSA) is 91.0 Å². The van der Waals surface area contributed by atoms with Crippen LogP contribution in [0.5, 0.6) is 11.5 Å². The van der Waals surface area contributed by atoms with E-state index >= 15 is 0 Å². The standard InChI is InChI=1S/C18H21NO5S/c1-2-3-5-8-13-11-14(18(20)21)12-16(25-24-23-19)17(13)22-15-9-6-4-7-10-15/h4,6-7,9-12H,2-3,5,8,19H2,1H3,(H,20,21). The molecule has 0 aliphatic heterocycles. The highest BCUT2D eigenvalue weighted by Crippen LogP contribution is 2.38. The van der Waals surface area contributed by atoms with Crippen LogP contribution in [0.3, 0.4) is 0 Å². The van der Waals surface area contributed by atoms with Crippen LogP contribution in [-0.4, -0.2) is 11.1 Å². The summed E-state index contributed by atoms with van der Waals surface area (Å²) in [6.45, 7) is 2.11. The third kappa shape index (κ3) is 5.75. The summed E-state index contributed by atoms with van der Waals surface area (Å²) in [5.74, 6) is 5.10. The van der Waals surface area contributed by atoms with Gasteiger partial charge in [-0.05, 0) is 42.7 Å². The Balaban J connectivity index is 2.42. The third-order valence-electron chi connectivity index (χ3n) is 3.55. The lowest BCUT2D eigenvalue weighted by Gasteiger charge is -2.16. The smallest absolute Gasteiger partial charge is 0.335 e. The number of rotatable bonds is 10. The van der Waals surface area contributed by atoms with Gasteiger partial charge >= 0.3 is 5.97 Å². The monoisotopic (exact) mass is 363 g/mol. The number of aryl methyl sites for hydroxylation is 1. The molecule has 0 fully saturated rings. The first kappa shape index (κ1) is 19.3. The molecule has 0 aliphatic rings. The Morgan fingerprint density at radius 2 is 1.96 bits per heavy atom. The minimum Gasteiger partial charge on any atom is -0.478 e. The first-order chi connectivity index (χ1) is 12.2. The van der Waals surface area contributed by atoms with Gasteiger partial charge in [0.25, 0.3) is 0 Å². The van der Waals surface area contributed by atoms with Gasteiger partial charge in [-0.3, -0.25) is 0 Å². The molecule has 0 atom stereocenters. The minimum atomic E-state index is -1.02. The second-order valence-corrected chi connectivity index (χ2v) is 6.13. The van der Waals surface area contributed by atoms with Gasteiger partial charge < -0.3 is 9.84 Å². The summed E-state index contributed by atoms with van der Waals surface area (Å²) >= 11 is 0.816. The molecule has 0 bridgehead atoms. The normalized spacial score (nSPS) is 10.6. The lowest BCUT2D eigenvalue weighted by molar-refractivity contribution is -0.195. The number of carboxylic acids is 1. The molecule has 7 heteroatoms. The van der Waals surface area contributed by atoms with E-state index in [4.69, 9.17) is 15.0 Å². The number of ether oxygens (including phenoxy) is 1. The van der Waals surface area contributed by atoms with Gasteiger partial charge in [-0.2, -0.15) is 5.90 Å². The molecule has 0 heterocycles. The van der Waals surface area contributed by atoms with Gasteiger partial charge in [0, 0.05) is 0 Å². The molecule has 0 spiro atoms. The van der Waals surface area contributed by atoms with Crippen molar-refractivity contribution in [3.8, 4) is 11.5 Å². The molecule has 0 unspecified atom stereocenters. The molecule has 3 N–H and O–H groups in total. The van der Waals surface area contributed by atoms with Gasteiger partial charge in [0.2, 0.25) is 0 Å². The van der Waals surface area contributed by atoms with Gasteiger partial charge in [0.1, 0.15) is 11.5 Å². The summed E-state index contributed by atoms with van der Waals surface area (Å²) < 4.78 is 10.7. The lowest BCUT2D eigenvalue weighted by Crippen LogP contribution is -2.03. The van der Waals surface area contributed by atoms with Crippen molar-refractivity contribution in [2.24, 2.45) is 5.90 Å². The zero-order valence-corrected chi connectivity index (χ0v) is 14.8. The fourth-order valence-electron chi connectivity index (χ4n) is 2.37. The van der Waals surface area contributed by atoms with E-state index in [1.807, 2.05) is 30.3 Å². The summed E-state index contributed by atoms with van der Waals surface area (Å²) in [5, 5.41) is 9.36. The number of carbonyl (C=O) groups is 1. The summed E-state index contributed by atoms with van der Waals surface area (Å²) in [7, 11) is 0. The van der Waals surface area contributed by atoms with Gasteiger partial charge in [0.15, 0.2) is 0 Å². The van der Waals surface area contributed by atoms with Gasteiger partial charge in [-0.15, -0.1) is 9.32 Å². The van der Waals surface area contributed by atoms with E-state index in [2.05, 4.69) is 11.9 Å². The molecule has 0 amide bonds. The molecule has 0 saturated heterocycles. The quantitative estimate of drug-likeness (QED) is 0.273. The molecule has 0 aliphatic carbocycles. The SMILES string of the molecule is CCCCCc1cc(C(=O)O)cc(SOON)c1Oc1ccccc1. The Kier molecular flexibility index (Phi) is 7.75. The third-order valence-corrected chi connectivity index (χ3v) is 4.18. The van der Waals surface area contributed by atoms with Gasteiger partial charge in [-0.25, -0.2) is 4.79 Å². The maximum atomic E-state index is 11.4. The number of para-hydroxylation sites is 1. The van der Waals surface area contributed by atoms with Crippen molar-refractivity contribution < 1.29 is 24.0 Å². The van der Waals surface area contributed by atoms with Crippen LogP contribution in [0.25, 0.3) is 0 Å². The van der Waals surface area contributed by atoms with Crippen LogP contribution in [0.15, 0.2) is 47.4 Å². The van der Waals surface area contributed by atoms with Crippen LogP contribution >= 0.6 is 12.0 Å². The highest BCUT2D eigenvalue weighted by atomic mass is 32.2. The van der Waals surface area contributed by atoms with Crippen LogP contribution < -0.4 is 10.6 Å². The Morgan fingerprint density at radius 3 is 2.60 bits per heavy atom. The van der Waals surface area contributed by atoms with E-state index in [9.17, 15) is 9.90 Å². The lowest BCUT2D eigenvalue weighted by atomic mass is 10.0. The number of carboxylic acid groups (broad SMARTS) is 1. The maximum Gasteiger partial charge on any atom is 0.335 e. The van der Waals surface area contributed by atoms with Crippen molar-refractivity contribution in [3.63, 3.8) is 0 Å². The van der Waals surface area contributed by atoms with Gasteiger partial charge in [-0.1, -0.05) is 38.0 Å². The Labute approximate surface area is 151 Å². The molecular formula is C18H21NO5S. The maximum absolute atomic E-state index is 11.4. The molecule has 0 radical (unpaired) electrons. The molecule has 2 aromatic rings. The number of unbranched alkanes of at least 4 members (excludes halogenated alkanes) is 2. The molecule has 0 aromatic heterocycles. The van der Waals surface area contributed by atoms with Crippen molar-refractivity contribution >= 4 is 18.0 Å². The van der Waals surface area contributed by atoms with Crippen molar-refractivity contribution in [1.82, 2.24) is 0 Å². The molecule has 2 rings (SSSR count). The van der Waals surface area contributed by atoms with E-state index in [-0.39, 0.29) is 5.56 Å². The number of hydrogen-bond donors (Lipinski definition) is 2. The Hall–Kier alpha value is -2.06. The van der Waals surface area contributed by atoms with Crippen LogP contribution in [0.4, 0.5) is 0 Å². The molecule has 6 nitrogen and oxygen atoms in total. The Morgan fingerprint density at radius 1 is 1.20 bits per heavy atom. The molecule has 134 valence electrons. The minimum absolute atomic E-state index is 0.162. The van der Waals surface area contributed by atoms with E-state index in [1.165, 1.54) is 6.07 Å². The number of benzene rings is 2. The summed E-state index contributed by atoms with van der Waals surface area (Å²) in [6, 6.07) is 12.4. The fourth-order valence-corrected chi connectivity index (χ4v) is 2.91.